The zero-order valence-corrected chi connectivity index (χ0v) is 11.9. The number of nitrogens with zero attached hydrogens (tertiary/aromatic N) is 4. The predicted octanol–water partition coefficient (Wildman–Crippen LogP) is 0.817. The van der Waals surface area contributed by atoms with Gasteiger partial charge in [-0.3, -0.25) is 4.79 Å². The fourth-order valence-corrected chi connectivity index (χ4v) is 1.81. The molecular formula is C14H15FN4O3. The minimum Gasteiger partial charge on any atom is -0.476 e. The SMILES string of the molecule is CN(CCc1ccc(F)cc1)C(=O)Cn1cc(C(=O)O)nn1. The Hall–Kier alpha value is -2.77. The first kappa shape index (κ1) is 15.6. The number of hydrogen-bond acceptors (Lipinski definition) is 4. The van der Waals surface area contributed by atoms with E-state index < -0.39 is 5.97 Å². The van der Waals surface area contributed by atoms with Crippen molar-refractivity contribution in [3.8, 4) is 0 Å². The van der Waals surface area contributed by atoms with E-state index in [1.165, 1.54) is 27.9 Å². The van der Waals surface area contributed by atoms with Crippen LogP contribution in [-0.2, 0) is 17.8 Å². The molecule has 1 aromatic carbocycles. The van der Waals surface area contributed by atoms with Crippen LogP contribution in [0.15, 0.2) is 30.5 Å². The average molecular weight is 306 g/mol. The van der Waals surface area contributed by atoms with Crippen LogP contribution in [0, 0.1) is 5.82 Å². The van der Waals surface area contributed by atoms with Crippen LogP contribution in [0.2, 0.25) is 0 Å². The van der Waals surface area contributed by atoms with Crippen molar-refractivity contribution in [1.82, 2.24) is 19.9 Å². The molecule has 116 valence electrons. The zero-order valence-electron chi connectivity index (χ0n) is 11.9. The first-order valence-electron chi connectivity index (χ1n) is 6.57. The van der Waals surface area contributed by atoms with E-state index in [0.717, 1.165) is 5.56 Å². The van der Waals surface area contributed by atoms with E-state index in [1.54, 1.807) is 19.2 Å². The molecule has 0 radical (unpaired) electrons. The van der Waals surface area contributed by atoms with Crippen LogP contribution in [0.3, 0.4) is 0 Å². The summed E-state index contributed by atoms with van der Waals surface area (Å²) in [6, 6.07) is 6.09. The lowest BCUT2D eigenvalue weighted by Crippen LogP contribution is -2.32. The Balaban J connectivity index is 1.86. The van der Waals surface area contributed by atoms with Crippen molar-refractivity contribution in [3.63, 3.8) is 0 Å². The molecule has 7 nitrogen and oxygen atoms in total. The number of carboxylic acids is 1. The molecule has 1 N–H and O–H groups in total. The topological polar surface area (TPSA) is 88.3 Å². The molecule has 2 aromatic rings. The second-order valence-electron chi connectivity index (χ2n) is 4.80. The number of rotatable bonds is 6. The van der Waals surface area contributed by atoms with Crippen LogP contribution in [-0.4, -0.2) is 50.5 Å². The Kier molecular flexibility index (Phi) is 4.82. The van der Waals surface area contributed by atoms with Crippen LogP contribution >= 0.6 is 0 Å². The first-order chi connectivity index (χ1) is 10.5. The molecule has 0 bridgehead atoms. The third-order valence-electron chi connectivity index (χ3n) is 3.13. The molecule has 22 heavy (non-hydrogen) atoms. The highest BCUT2D eigenvalue weighted by atomic mass is 19.1. The normalized spacial score (nSPS) is 10.5. The van der Waals surface area contributed by atoms with Gasteiger partial charge < -0.3 is 10.0 Å². The summed E-state index contributed by atoms with van der Waals surface area (Å²) in [5, 5.41) is 15.8. The van der Waals surface area contributed by atoms with Gasteiger partial charge in [-0.1, -0.05) is 17.3 Å². The fourth-order valence-electron chi connectivity index (χ4n) is 1.81. The fraction of sp³-hybridized carbons (Fsp3) is 0.286. The Labute approximate surface area is 126 Å². The Morgan fingerprint density at radius 1 is 1.32 bits per heavy atom. The van der Waals surface area contributed by atoms with Gasteiger partial charge in [0.05, 0.1) is 6.20 Å². The number of amides is 1. The minimum atomic E-state index is -1.19. The van der Waals surface area contributed by atoms with Crippen LogP contribution in [0.25, 0.3) is 0 Å². The molecule has 0 saturated carbocycles. The smallest absolute Gasteiger partial charge is 0.358 e. The van der Waals surface area contributed by atoms with Crippen LogP contribution in [0.5, 0.6) is 0 Å². The molecule has 0 aliphatic carbocycles. The summed E-state index contributed by atoms with van der Waals surface area (Å²) < 4.78 is 14.0. The molecule has 1 amide bonds. The van der Waals surface area contributed by atoms with Crippen molar-refractivity contribution in [2.24, 2.45) is 0 Å². The Morgan fingerprint density at radius 3 is 2.59 bits per heavy atom. The van der Waals surface area contributed by atoms with Gasteiger partial charge >= 0.3 is 5.97 Å². The molecule has 0 atom stereocenters. The third-order valence-corrected chi connectivity index (χ3v) is 3.13. The van der Waals surface area contributed by atoms with Crippen molar-refractivity contribution < 1.29 is 19.1 Å². The number of carbonyl (C=O) groups is 2. The molecule has 1 heterocycles. The maximum Gasteiger partial charge on any atom is 0.358 e. The number of carboxylic acid groups (broad SMARTS) is 1. The van der Waals surface area contributed by atoms with Gasteiger partial charge in [0, 0.05) is 13.6 Å². The van der Waals surface area contributed by atoms with Crippen molar-refractivity contribution in [2.45, 2.75) is 13.0 Å². The van der Waals surface area contributed by atoms with Gasteiger partial charge in [0.2, 0.25) is 5.91 Å². The standard InChI is InChI=1S/C14H15FN4O3/c1-18(7-6-10-2-4-11(15)5-3-10)13(20)9-19-8-12(14(21)22)16-17-19/h2-5,8H,6-7,9H2,1H3,(H,21,22). The van der Waals surface area contributed by atoms with Crippen molar-refractivity contribution >= 4 is 11.9 Å². The third kappa shape index (κ3) is 4.11. The number of carbonyl (C=O) groups excluding carboxylic acids is 1. The van der Waals surface area contributed by atoms with Gasteiger partial charge in [0.15, 0.2) is 5.69 Å². The van der Waals surface area contributed by atoms with Crippen LogP contribution in [0.4, 0.5) is 4.39 Å². The Morgan fingerprint density at radius 2 is 2.00 bits per heavy atom. The van der Waals surface area contributed by atoms with E-state index in [4.69, 9.17) is 5.11 Å². The summed E-state index contributed by atoms with van der Waals surface area (Å²) in [5.41, 5.74) is 0.719. The molecule has 0 aliphatic heterocycles. The molecule has 0 unspecified atom stereocenters. The van der Waals surface area contributed by atoms with E-state index >= 15 is 0 Å². The molecule has 0 saturated heterocycles. The highest BCUT2D eigenvalue weighted by Gasteiger charge is 2.13. The average Bonchev–Trinajstić information content (AvgIpc) is 2.95. The molecular weight excluding hydrogens is 291 g/mol. The summed E-state index contributed by atoms with van der Waals surface area (Å²) >= 11 is 0. The van der Waals surface area contributed by atoms with Crippen LogP contribution in [0.1, 0.15) is 16.1 Å². The molecule has 1 aromatic heterocycles. The highest BCUT2D eigenvalue weighted by molar-refractivity contribution is 5.84. The minimum absolute atomic E-state index is 0.0831. The number of hydrogen-bond donors (Lipinski definition) is 1. The van der Waals surface area contributed by atoms with Gasteiger partial charge in [-0.15, -0.1) is 5.10 Å². The summed E-state index contributed by atoms with van der Waals surface area (Å²) in [6.45, 7) is 0.380. The first-order valence-corrected chi connectivity index (χ1v) is 6.57. The van der Waals surface area contributed by atoms with E-state index in [9.17, 15) is 14.0 Å². The summed E-state index contributed by atoms with van der Waals surface area (Å²) in [7, 11) is 1.64. The quantitative estimate of drug-likeness (QED) is 0.853. The summed E-state index contributed by atoms with van der Waals surface area (Å²) in [4.78, 5) is 24.2. The monoisotopic (exact) mass is 306 g/mol. The van der Waals surface area contributed by atoms with Crippen molar-refractivity contribution in [2.75, 3.05) is 13.6 Å². The van der Waals surface area contributed by atoms with Gasteiger partial charge in [-0.05, 0) is 24.1 Å². The number of aromatic nitrogens is 3. The molecule has 8 heteroatoms. The van der Waals surface area contributed by atoms with E-state index in [-0.39, 0.29) is 24.0 Å². The number of halogens is 1. The van der Waals surface area contributed by atoms with Gasteiger partial charge in [-0.2, -0.15) is 0 Å². The summed E-state index contributed by atoms with van der Waals surface area (Å²) in [6.07, 6.45) is 1.80. The maximum absolute atomic E-state index is 12.8. The van der Waals surface area contributed by atoms with E-state index in [2.05, 4.69) is 10.3 Å². The maximum atomic E-state index is 12.8. The number of likely N-dealkylation sites (N-methyl/N-ethyl adjacent to an activating group) is 1. The highest BCUT2D eigenvalue weighted by Crippen LogP contribution is 2.04. The number of aromatic carboxylic acids is 1. The van der Waals surface area contributed by atoms with Gasteiger partial charge in [-0.25, -0.2) is 13.9 Å². The second-order valence-corrected chi connectivity index (χ2v) is 4.80. The molecule has 0 aliphatic rings. The largest absolute Gasteiger partial charge is 0.476 e. The lowest BCUT2D eigenvalue weighted by atomic mass is 10.1. The van der Waals surface area contributed by atoms with Crippen molar-refractivity contribution in [3.05, 3.63) is 47.5 Å². The van der Waals surface area contributed by atoms with Crippen LogP contribution < -0.4 is 0 Å². The molecule has 0 fully saturated rings. The Bertz CT molecular complexity index is 669. The second kappa shape index (κ2) is 6.79. The lowest BCUT2D eigenvalue weighted by Gasteiger charge is -2.16. The van der Waals surface area contributed by atoms with Crippen molar-refractivity contribution in [1.29, 1.82) is 0 Å². The predicted molar refractivity (Wildman–Crippen MR) is 74.7 cm³/mol. The molecule has 0 spiro atoms. The van der Waals surface area contributed by atoms with Gasteiger partial charge in [0.1, 0.15) is 12.4 Å². The van der Waals surface area contributed by atoms with Gasteiger partial charge in [0.25, 0.3) is 0 Å². The summed E-state index contributed by atoms with van der Waals surface area (Å²) in [5.74, 6) is -1.71. The lowest BCUT2D eigenvalue weighted by molar-refractivity contribution is -0.130. The zero-order chi connectivity index (χ0) is 16.1. The molecule has 2 rings (SSSR count). The van der Waals surface area contributed by atoms with E-state index in [0.29, 0.717) is 13.0 Å². The number of benzene rings is 1. The van der Waals surface area contributed by atoms with E-state index in [1.807, 2.05) is 0 Å².